The lowest BCUT2D eigenvalue weighted by molar-refractivity contribution is 0.165. The van der Waals surface area contributed by atoms with Gasteiger partial charge in [0.15, 0.2) is 0 Å². The maximum absolute atomic E-state index is 10.9. The number of nitrogens with zero attached hydrogens (tertiary/aromatic N) is 1. The summed E-state index contributed by atoms with van der Waals surface area (Å²) in [4.78, 5) is 0. The molecule has 1 fully saturated rings. The third-order valence-corrected chi connectivity index (χ3v) is 3.15. The second kappa shape index (κ2) is 3.69. The van der Waals surface area contributed by atoms with Crippen LogP contribution in [0.3, 0.4) is 0 Å². The lowest BCUT2D eigenvalue weighted by Crippen LogP contribution is -2.44. The summed E-state index contributed by atoms with van der Waals surface area (Å²) in [5.41, 5.74) is 0. The smallest absolute Gasteiger partial charge is 0.276 e. The van der Waals surface area contributed by atoms with E-state index >= 15 is 0 Å². The van der Waals surface area contributed by atoms with Crippen LogP contribution >= 0.6 is 0 Å². The van der Waals surface area contributed by atoms with E-state index in [1.165, 1.54) is 4.31 Å². The Labute approximate surface area is 72.3 Å². The van der Waals surface area contributed by atoms with Crippen LogP contribution < -0.4 is 5.14 Å². The molecular weight excluding hydrogens is 180 g/mol. The lowest BCUT2D eigenvalue weighted by Gasteiger charge is -2.29. The molecule has 1 unspecified atom stereocenters. The van der Waals surface area contributed by atoms with Crippen molar-refractivity contribution in [1.29, 1.82) is 0 Å². The average molecular weight is 194 g/mol. The van der Waals surface area contributed by atoms with Crippen molar-refractivity contribution in [2.75, 3.05) is 19.7 Å². The first-order valence-electron chi connectivity index (χ1n) is 3.93. The number of aliphatic hydroxyl groups is 1. The monoisotopic (exact) mass is 194 g/mol. The van der Waals surface area contributed by atoms with E-state index in [1.807, 2.05) is 0 Å². The first kappa shape index (κ1) is 9.91. The number of piperidine rings is 1. The van der Waals surface area contributed by atoms with Crippen LogP contribution in [-0.4, -0.2) is 37.5 Å². The van der Waals surface area contributed by atoms with E-state index in [9.17, 15) is 8.42 Å². The third kappa shape index (κ3) is 2.41. The zero-order valence-corrected chi connectivity index (χ0v) is 7.63. The van der Waals surface area contributed by atoms with E-state index in [-0.39, 0.29) is 12.5 Å². The maximum atomic E-state index is 10.9. The first-order chi connectivity index (χ1) is 5.54. The van der Waals surface area contributed by atoms with Crippen LogP contribution in [-0.2, 0) is 10.2 Å². The molecule has 0 spiro atoms. The fraction of sp³-hybridized carbons (Fsp3) is 1.00. The Hall–Kier alpha value is -0.170. The summed E-state index contributed by atoms with van der Waals surface area (Å²) in [5, 5.41) is 13.8. The zero-order chi connectivity index (χ0) is 9.19. The minimum Gasteiger partial charge on any atom is -0.396 e. The molecule has 0 saturated carbocycles. The number of aliphatic hydroxyl groups excluding tert-OH is 1. The molecular formula is C6H14N2O3S. The molecule has 1 aliphatic heterocycles. The first-order valence-corrected chi connectivity index (χ1v) is 5.43. The molecule has 72 valence electrons. The maximum Gasteiger partial charge on any atom is 0.276 e. The van der Waals surface area contributed by atoms with Gasteiger partial charge in [-0.15, -0.1) is 0 Å². The Bertz CT molecular complexity index is 239. The molecule has 0 radical (unpaired) electrons. The molecule has 0 aliphatic carbocycles. The van der Waals surface area contributed by atoms with E-state index in [1.54, 1.807) is 0 Å². The Morgan fingerprint density at radius 2 is 2.25 bits per heavy atom. The van der Waals surface area contributed by atoms with E-state index < -0.39 is 10.2 Å². The highest BCUT2D eigenvalue weighted by molar-refractivity contribution is 7.86. The Morgan fingerprint density at radius 3 is 2.75 bits per heavy atom. The molecule has 1 rings (SSSR count). The van der Waals surface area contributed by atoms with Crippen molar-refractivity contribution in [3.05, 3.63) is 0 Å². The Morgan fingerprint density at radius 1 is 1.58 bits per heavy atom. The minimum atomic E-state index is -3.55. The van der Waals surface area contributed by atoms with Crippen molar-refractivity contribution in [3.8, 4) is 0 Å². The summed E-state index contributed by atoms with van der Waals surface area (Å²) in [6.45, 7) is 0.872. The summed E-state index contributed by atoms with van der Waals surface area (Å²) in [7, 11) is -3.55. The molecule has 5 nitrogen and oxygen atoms in total. The van der Waals surface area contributed by atoms with Crippen LogP contribution in [0, 0.1) is 5.92 Å². The van der Waals surface area contributed by atoms with Crippen molar-refractivity contribution >= 4 is 10.2 Å². The van der Waals surface area contributed by atoms with Crippen LogP contribution in [0.25, 0.3) is 0 Å². The van der Waals surface area contributed by atoms with Gasteiger partial charge in [-0.3, -0.25) is 0 Å². The van der Waals surface area contributed by atoms with E-state index in [4.69, 9.17) is 10.2 Å². The van der Waals surface area contributed by atoms with Gasteiger partial charge in [0.1, 0.15) is 0 Å². The largest absolute Gasteiger partial charge is 0.396 e. The average Bonchev–Trinajstić information content (AvgIpc) is 2.03. The van der Waals surface area contributed by atoms with Crippen LogP contribution in [0.5, 0.6) is 0 Å². The van der Waals surface area contributed by atoms with Crippen molar-refractivity contribution in [1.82, 2.24) is 4.31 Å². The van der Waals surface area contributed by atoms with Gasteiger partial charge in [-0.2, -0.15) is 12.7 Å². The molecule has 1 saturated heterocycles. The number of nitrogens with two attached hydrogens (primary N) is 1. The second-order valence-corrected chi connectivity index (χ2v) is 4.64. The van der Waals surface area contributed by atoms with Crippen molar-refractivity contribution in [2.24, 2.45) is 11.1 Å². The van der Waals surface area contributed by atoms with Crippen molar-refractivity contribution < 1.29 is 13.5 Å². The number of hydrogen-bond acceptors (Lipinski definition) is 3. The van der Waals surface area contributed by atoms with Gasteiger partial charge in [0.05, 0.1) is 0 Å². The quantitative estimate of drug-likeness (QED) is 0.585. The fourth-order valence-corrected chi connectivity index (χ4v) is 2.21. The molecule has 6 heteroatoms. The standard InChI is InChI=1S/C6H14N2O3S/c7-12(10,11)8-3-1-2-6(4-8)5-9/h6,9H,1-5H2,(H2,7,10,11). The van der Waals surface area contributed by atoms with Crippen LogP contribution in [0.15, 0.2) is 0 Å². The van der Waals surface area contributed by atoms with Gasteiger partial charge in [-0.1, -0.05) is 0 Å². The van der Waals surface area contributed by atoms with Crippen LogP contribution in [0.2, 0.25) is 0 Å². The molecule has 1 heterocycles. The van der Waals surface area contributed by atoms with Gasteiger partial charge >= 0.3 is 0 Å². The van der Waals surface area contributed by atoms with E-state index in [0.29, 0.717) is 13.1 Å². The summed E-state index contributed by atoms with van der Waals surface area (Å²) in [6, 6.07) is 0. The van der Waals surface area contributed by atoms with Gasteiger partial charge < -0.3 is 5.11 Å². The normalized spacial score (nSPS) is 27.3. The molecule has 0 bridgehead atoms. The van der Waals surface area contributed by atoms with E-state index in [2.05, 4.69) is 0 Å². The molecule has 0 aromatic rings. The lowest BCUT2D eigenvalue weighted by atomic mass is 10.0. The van der Waals surface area contributed by atoms with Gasteiger partial charge in [-0.05, 0) is 18.8 Å². The summed E-state index contributed by atoms with van der Waals surface area (Å²) >= 11 is 0. The molecule has 12 heavy (non-hydrogen) atoms. The highest BCUT2D eigenvalue weighted by Crippen LogP contribution is 2.16. The van der Waals surface area contributed by atoms with Gasteiger partial charge in [0.25, 0.3) is 10.2 Å². The van der Waals surface area contributed by atoms with Crippen molar-refractivity contribution in [3.63, 3.8) is 0 Å². The van der Waals surface area contributed by atoms with Gasteiger partial charge in [0, 0.05) is 19.7 Å². The van der Waals surface area contributed by atoms with Crippen LogP contribution in [0.1, 0.15) is 12.8 Å². The fourth-order valence-electron chi connectivity index (χ4n) is 1.41. The van der Waals surface area contributed by atoms with Gasteiger partial charge in [0.2, 0.25) is 0 Å². The third-order valence-electron chi connectivity index (χ3n) is 2.10. The minimum absolute atomic E-state index is 0.0337. The zero-order valence-electron chi connectivity index (χ0n) is 6.81. The molecule has 0 aromatic carbocycles. The summed E-state index contributed by atoms with van der Waals surface area (Å²) in [5.74, 6) is 0.0528. The number of rotatable bonds is 2. The van der Waals surface area contributed by atoms with Gasteiger partial charge in [-0.25, -0.2) is 5.14 Å². The SMILES string of the molecule is NS(=O)(=O)N1CCCC(CO)C1. The second-order valence-electron chi connectivity index (χ2n) is 3.09. The van der Waals surface area contributed by atoms with E-state index in [0.717, 1.165) is 12.8 Å². The Balaban J connectivity index is 2.58. The molecule has 1 atom stereocenters. The summed E-state index contributed by atoms with van der Waals surface area (Å²) in [6.07, 6.45) is 1.66. The summed E-state index contributed by atoms with van der Waals surface area (Å²) < 4.78 is 23.0. The highest BCUT2D eigenvalue weighted by Gasteiger charge is 2.25. The highest BCUT2D eigenvalue weighted by atomic mass is 32.2. The predicted octanol–water partition coefficient (Wildman–Crippen LogP) is -1.11. The van der Waals surface area contributed by atoms with Crippen LogP contribution in [0.4, 0.5) is 0 Å². The molecule has 1 aliphatic rings. The molecule has 3 N–H and O–H groups in total. The van der Waals surface area contributed by atoms with Crippen molar-refractivity contribution in [2.45, 2.75) is 12.8 Å². The molecule has 0 aromatic heterocycles. The Kier molecular flexibility index (Phi) is 3.05. The molecule has 0 amide bonds. The number of hydrogen-bond donors (Lipinski definition) is 2. The topological polar surface area (TPSA) is 83.6 Å². The predicted molar refractivity (Wildman–Crippen MR) is 44.5 cm³/mol.